The van der Waals surface area contributed by atoms with Gasteiger partial charge in [0.1, 0.15) is 0 Å². The molecule has 1 aromatic rings. The molecule has 8 heteroatoms. The summed E-state index contributed by atoms with van der Waals surface area (Å²) in [4.78, 5) is 1.23. The molecule has 26 heavy (non-hydrogen) atoms. The SMILES string of the molecule is CC(C)(C)c1ccc([SH2+])c(C(C)(C)C)c1C(C)(C)C.F[P-](F)(F)(F)(F)F. The molecule has 0 saturated carbocycles. The van der Waals surface area contributed by atoms with Gasteiger partial charge in [-0.3, -0.25) is 0 Å². The van der Waals surface area contributed by atoms with Crippen LogP contribution in [0.15, 0.2) is 17.0 Å². The number of benzene rings is 1. The maximum atomic E-state index is 9.87. The summed E-state index contributed by atoms with van der Waals surface area (Å²) < 4.78 is 59.2. The van der Waals surface area contributed by atoms with Gasteiger partial charge in [0.05, 0.1) is 0 Å². The van der Waals surface area contributed by atoms with Crippen molar-refractivity contribution in [2.75, 3.05) is 0 Å². The molecule has 0 atom stereocenters. The first kappa shape index (κ1) is 25.6. The van der Waals surface area contributed by atoms with Gasteiger partial charge < -0.3 is 0 Å². The molecule has 0 N–H and O–H groups in total. The number of hydrogen-bond donors (Lipinski definition) is 0. The number of halogens is 6. The molecule has 0 aliphatic carbocycles. The van der Waals surface area contributed by atoms with Crippen LogP contribution in [0.3, 0.4) is 0 Å². The van der Waals surface area contributed by atoms with Gasteiger partial charge in [-0.15, -0.1) is 0 Å². The van der Waals surface area contributed by atoms with Crippen molar-refractivity contribution < 1.29 is 25.2 Å². The molecule has 0 amide bonds. The van der Waals surface area contributed by atoms with Gasteiger partial charge in [0.25, 0.3) is 0 Å². The Morgan fingerprint density at radius 1 is 0.615 bits per heavy atom. The summed E-state index contributed by atoms with van der Waals surface area (Å²) in [6, 6.07) is 4.51. The number of rotatable bonds is 0. The van der Waals surface area contributed by atoms with Crippen molar-refractivity contribution in [3.8, 4) is 0 Å². The summed E-state index contributed by atoms with van der Waals surface area (Å²) >= 11 is 3.83. The standard InChI is InChI=1S/C18H30S.F6P/c1-16(2,3)12-10-11-13(19)15(18(7,8)9)14(12)17(4,5)6;1-7(2,3,4,5)6/h10-11,19H,1-9H3;/q;-1/p+1. The van der Waals surface area contributed by atoms with Crippen LogP contribution < -0.4 is 0 Å². The first-order valence-electron chi connectivity index (χ1n) is 8.17. The second kappa shape index (κ2) is 6.30. The van der Waals surface area contributed by atoms with Crippen LogP contribution in [0, 0.1) is 0 Å². The van der Waals surface area contributed by atoms with Gasteiger partial charge in [-0.2, -0.15) is 0 Å². The van der Waals surface area contributed by atoms with Crippen molar-refractivity contribution in [3.63, 3.8) is 0 Å². The molecule has 0 heterocycles. The Morgan fingerprint density at radius 2 is 0.923 bits per heavy atom. The number of hydrogen-bond acceptors (Lipinski definition) is 0. The third kappa shape index (κ3) is 10.1. The summed E-state index contributed by atoms with van der Waals surface area (Å²) in [7, 11) is -10.7. The molecule has 0 radical (unpaired) electrons. The molecule has 156 valence electrons. The monoisotopic (exact) mass is 424 g/mol. The van der Waals surface area contributed by atoms with Gasteiger partial charge in [-0.05, 0) is 46.1 Å². The van der Waals surface area contributed by atoms with Gasteiger partial charge in [0.15, 0.2) is 4.90 Å². The fourth-order valence-electron chi connectivity index (χ4n) is 2.79. The Balaban J connectivity index is 0.000000758. The van der Waals surface area contributed by atoms with E-state index in [1.807, 2.05) is 0 Å². The van der Waals surface area contributed by atoms with Crippen LogP contribution in [0.4, 0.5) is 25.2 Å². The van der Waals surface area contributed by atoms with E-state index in [0.29, 0.717) is 0 Å². The van der Waals surface area contributed by atoms with Crippen LogP contribution in [0.25, 0.3) is 0 Å². The molecule has 0 bridgehead atoms. The van der Waals surface area contributed by atoms with Crippen LogP contribution in [0.1, 0.15) is 79.0 Å². The summed E-state index contributed by atoms with van der Waals surface area (Å²) in [6.45, 7) is 20.8. The minimum atomic E-state index is -10.7. The van der Waals surface area contributed by atoms with Crippen LogP contribution in [0.2, 0.25) is 0 Å². The molecule has 0 aromatic heterocycles. The fraction of sp³-hybridized carbons (Fsp3) is 0.667. The van der Waals surface area contributed by atoms with Gasteiger partial charge in [0, 0.05) is 5.56 Å². The topological polar surface area (TPSA) is 0 Å². The normalized spacial score (nSPS) is 16.3. The minimum absolute atomic E-state index is 0.140. The zero-order valence-electron chi connectivity index (χ0n) is 16.9. The zero-order chi connectivity index (χ0) is 21.6. The van der Waals surface area contributed by atoms with Gasteiger partial charge >= 0.3 is 33.0 Å². The molecule has 1 rings (SSSR count). The third-order valence-corrected chi connectivity index (χ3v) is 3.93. The van der Waals surface area contributed by atoms with Crippen molar-refractivity contribution in [2.45, 2.75) is 83.5 Å². The Kier molecular flexibility index (Phi) is 6.20. The first-order valence-corrected chi connectivity index (χ1v) is 10.7. The Morgan fingerprint density at radius 3 is 1.15 bits per heavy atom. The van der Waals surface area contributed by atoms with Crippen molar-refractivity contribution in [3.05, 3.63) is 28.8 Å². The van der Waals surface area contributed by atoms with Crippen molar-refractivity contribution in [1.29, 1.82) is 0 Å². The van der Waals surface area contributed by atoms with Crippen molar-refractivity contribution >= 4 is 20.4 Å². The molecular weight excluding hydrogens is 393 g/mol. The Hall–Kier alpha value is -0.420. The molecule has 0 unspecified atom stereocenters. The zero-order valence-corrected chi connectivity index (χ0v) is 18.8. The van der Waals surface area contributed by atoms with E-state index in [1.54, 1.807) is 0 Å². The molecule has 1 aromatic carbocycles. The second-order valence-corrected chi connectivity index (χ2v) is 12.1. The van der Waals surface area contributed by atoms with Crippen LogP contribution in [-0.2, 0) is 28.9 Å². The fourth-order valence-corrected chi connectivity index (χ4v) is 3.37. The molecule has 0 aliphatic rings. The van der Waals surface area contributed by atoms with E-state index in [-0.39, 0.29) is 16.2 Å². The van der Waals surface area contributed by atoms with E-state index in [9.17, 15) is 25.2 Å². The predicted molar refractivity (Wildman–Crippen MR) is 105 cm³/mol. The van der Waals surface area contributed by atoms with Crippen LogP contribution in [0.5, 0.6) is 0 Å². The average Bonchev–Trinajstić information content (AvgIpc) is 2.18. The summed E-state index contributed by atoms with van der Waals surface area (Å²) in [5.74, 6) is 0. The Labute approximate surface area is 158 Å². The van der Waals surface area contributed by atoms with E-state index >= 15 is 0 Å². The summed E-state index contributed by atoms with van der Waals surface area (Å²) in [6.07, 6.45) is 0. The molecular formula is C18H31F6PS. The third-order valence-electron chi connectivity index (χ3n) is 3.51. The molecule has 0 spiro atoms. The van der Waals surface area contributed by atoms with Gasteiger partial charge in [0.2, 0.25) is 0 Å². The average molecular weight is 424 g/mol. The molecule has 0 aliphatic heterocycles. The maximum absolute atomic E-state index is 10.7. The summed E-state index contributed by atoms with van der Waals surface area (Å²) in [5, 5.41) is 0. The first-order chi connectivity index (χ1) is 10.7. The molecule has 0 fully saturated rings. The molecule has 0 nitrogen and oxygen atoms in total. The van der Waals surface area contributed by atoms with Crippen LogP contribution in [-0.4, -0.2) is 0 Å². The van der Waals surface area contributed by atoms with E-state index in [2.05, 4.69) is 87.1 Å². The quantitative estimate of drug-likeness (QED) is 0.223. The molecule has 0 saturated heterocycles. The van der Waals surface area contributed by atoms with E-state index in [4.69, 9.17) is 0 Å². The van der Waals surface area contributed by atoms with E-state index < -0.39 is 7.81 Å². The Bertz CT molecular complexity index is 645. The van der Waals surface area contributed by atoms with Crippen LogP contribution >= 0.6 is 7.81 Å². The van der Waals surface area contributed by atoms with Gasteiger partial charge in [-0.1, -0.05) is 68.4 Å². The van der Waals surface area contributed by atoms with E-state index in [1.165, 1.54) is 21.6 Å². The summed E-state index contributed by atoms with van der Waals surface area (Å²) in [5.41, 5.74) is 4.87. The second-order valence-electron chi connectivity index (χ2n) is 9.62. The predicted octanol–water partition coefficient (Wildman–Crippen LogP) is 8.33. The van der Waals surface area contributed by atoms with E-state index in [0.717, 1.165) is 0 Å². The van der Waals surface area contributed by atoms with Crippen molar-refractivity contribution in [2.24, 2.45) is 0 Å². The van der Waals surface area contributed by atoms with Crippen molar-refractivity contribution in [1.82, 2.24) is 0 Å². The van der Waals surface area contributed by atoms with Gasteiger partial charge in [-0.25, -0.2) is 0 Å².